The lowest BCUT2D eigenvalue weighted by Crippen LogP contribution is -2.19. The summed E-state index contributed by atoms with van der Waals surface area (Å²) in [6.45, 7) is 0.613. The average Bonchev–Trinajstić information content (AvgIpc) is 3.18. The molecule has 33 heavy (non-hydrogen) atoms. The van der Waals surface area contributed by atoms with E-state index in [4.69, 9.17) is 0 Å². The van der Waals surface area contributed by atoms with E-state index in [0.717, 1.165) is 38.4 Å². The number of para-hydroxylation sites is 1. The Morgan fingerprint density at radius 1 is 0.879 bits per heavy atom. The number of rotatable bonds is 6. The predicted molar refractivity (Wildman–Crippen MR) is 131 cm³/mol. The zero-order valence-corrected chi connectivity index (χ0v) is 17.9. The lowest BCUT2D eigenvalue weighted by atomic mass is 10.0. The average molecular weight is 436 g/mol. The number of nitrogens with zero attached hydrogens (tertiary/aromatic N) is 2. The first-order valence-corrected chi connectivity index (χ1v) is 10.8. The minimum atomic E-state index is -0.247. The van der Waals surface area contributed by atoms with Gasteiger partial charge in [-0.2, -0.15) is 5.10 Å². The molecule has 0 spiro atoms. The van der Waals surface area contributed by atoms with Crippen LogP contribution in [-0.4, -0.2) is 16.7 Å². The number of nitrogens with one attached hydrogen (secondary N) is 1. The standard InChI is InChI=1S/C28H22FN3O/c29-24-14-12-20(13-15-24)18-32-19-23(26-10-3-4-11-27(26)32)17-30-31-28(33)16-22-8-5-7-21-6-1-2-9-25(21)22/h1-15,17,19H,16,18H2,(H,31,33)/b30-17-. The molecule has 0 saturated carbocycles. The zero-order valence-electron chi connectivity index (χ0n) is 17.9. The first-order chi connectivity index (χ1) is 16.2. The molecule has 0 fully saturated rings. The van der Waals surface area contributed by atoms with Crippen molar-refractivity contribution in [2.24, 2.45) is 5.10 Å². The van der Waals surface area contributed by atoms with Crippen molar-refractivity contribution in [2.45, 2.75) is 13.0 Å². The molecule has 4 aromatic carbocycles. The van der Waals surface area contributed by atoms with E-state index in [1.807, 2.05) is 72.9 Å². The Labute approximate surface area is 191 Å². The van der Waals surface area contributed by atoms with Crippen LogP contribution in [0.2, 0.25) is 0 Å². The van der Waals surface area contributed by atoms with Crippen LogP contribution in [0.4, 0.5) is 4.39 Å². The number of benzene rings is 4. The normalized spacial score (nSPS) is 11.4. The fourth-order valence-corrected chi connectivity index (χ4v) is 4.13. The van der Waals surface area contributed by atoms with Crippen LogP contribution in [0.3, 0.4) is 0 Å². The van der Waals surface area contributed by atoms with Gasteiger partial charge in [-0.1, -0.05) is 72.8 Å². The Morgan fingerprint density at radius 2 is 1.61 bits per heavy atom. The van der Waals surface area contributed by atoms with E-state index in [1.165, 1.54) is 12.1 Å². The van der Waals surface area contributed by atoms with Crippen LogP contribution < -0.4 is 5.43 Å². The quantitative estimate of drug-likeness (QED) is 0.271. The molecule has 0 radical (unpaired) electrons. The zero-order chi connectivity index (χ0) is 22.6. The van der Waals surface area contributed by atoms with Gasteiger partial charge >= 0.3 is 0 Å². The van der Waals surface area contributed by atoms with Crippen molar-refractivity contribution in [3.63, 3.8) is 0 Å². The maximum Gasteiger partial charge on any atom is 0.244 e. The van der Waals surface area contributed by atoms with Gasteiger partial charge in [0.05, 0.1) is 12.6 Å². The molecule has 0 bridgehead atoms. The SMILES string of the molecule is O=C(Cc1cccc2ccccc12)N/N=C\c1cn(Cc2ccc(F)cc2)c2ccccc12. The van der Waals surface area contributed by atoms with Crippen LogP contribution in [0, 0.1) is 5.82 Å². The third kappa shape index (κ3) is 4.53. The van der Waals surface area contributed by atoms with Crippen molar-refractivity contribution in [3.05, 3.63) is 120 Å². The summed E-state index contributed by atoms with van der Waals surface area (Å²) in [7, 11) is 0. The number of hydrazone groups is 1. The van der Waals surface area contributed by atoms with Crippen molar-refractivity contribution in [1.82, 2.24) is 9.99 Å². The highest BCUT2D eigenvalue weighted by Crippen LogP contribution is 2.22. The van der Waals surface area contributed by atoms with Gasteiger partial charge in [-0.15, -0.1) is 0 Å². The summed E-state index contributed by atoms with van der Waals surface area (Å²) >= 11 is 0. The molecule has 0 aliphatic carbocycles. The molecular weight excluding hydrogens is 413 g/mol. The summed E-state index contributed by atoms with van der Waals surface area (Å²) in [6.07, 6.45) is 3.92. The van der Waals surface area contributed by atoms with Gasteiger partial charge in [0.25, 0.3) is 0 Å². The molecule has 4 nitrogen and oxygen atoms in total. The molecule has 162 valence electrons. The third-order valence-corrected chi connectivity index (χ3v) is 5.71. The van der Waals surface area contributed by atoms with Crippen molar-refractivity contribution in [2.75, 3.05) is 0 Å². The number of amides is 1. The Bertz CT molecular complexity index is 1460. The molecule has 0 aliphatic heterocycles. The number of carbonyl (C=O) groups excluding carboxylic acids is 1. The van der Waals surface area contributed by atoms with E-state index in [-0.39, 0.29) is 18.1 Å². The fraction of sp³-hybridized carbons (Fsp3) is 0.0714. The van der Waals surface area contributed by atoms with E-state index in [1.54, 1.807) is 18.3 Å². The number of carbonyl (C=O) groups is 1. The maximum atomic E-state index is 13.2. The predicted octanol–water partition coefficient (Wildman–Crippen LogP) is 5.67. The van der Waals surface area contributed by atoms with Crippen molar-refractivity contribution < 1.29 is 9.18 Å². The second kappa shape index (κ2) is 9.09. The summed E-state index contributed by atoms with van der Waals surface area (Å²) < 4.78 is 15.3. The number of hydrogen-bond acceptors (Lipinski definition) is 2. The molecule has 5 rings (SSSR count). The first kappa shape index (κ1) is 20.6. The number of halogens is 1. The van der Waals surface area contributed by atoms with Crippen LogP contribution in [0.15, 0.2) is 102 Å². The van der Waals surface area contributed by atoms with Gasteiger partial charge in [-0.05, 0) is 40.1 Å². The van der Waals surface area contributed by atoms with E-state index in [9.17, 15) is 9.18 Å². The molecule has 5 aromatic rings. The summed E-state index contributed by atoms with van der Waals surface area (Å²) in [5, 5.41) is 7.43. The van der Waals surface area contributed by atoms with Crippen LogP contribution in [0.1, 0.15) is 16.7 Å². The highest BCUT2D eigenvalue weighted by atomic mass is 19.1. The maximum absolute atomic E-state index is 13.2. The monoisotopic (exact) mass is 435 g/mol. The largest absolute Gasteiger partial charge is 0.342 e. The fourth-order valence-electron chi connectivity index (χ4n) is 4.13. The number of hydrogen-bond donors (Lipinski definition) is 1. The van der Waals surface area contributed by atoms with Crippen molar-refractivity contribution >= 4 is 33.8 Å². The molecule has 0 saturated heterocycles. The molecule has 1 aromatic heterocycles. The number of fused-ring (bicyclic) bond motifs is 2. The molecule has 1 amide bonds. The van der Waals surface area contributed by atoms with Crippen LogP contribution in [0.5, 0.6) is 0 Å². The van der Waals surface area contributed by atoms with Gasteiger partial charge in [-0.3, -0.25) is 4.79 Å². The lowest BCUT2D eigenvalue weighted by molar-refractivity contribution is -0.120. The van der Waals surface area contributed by atoms with Crippen LogP contribution >= 0.6 is 0 Å². The summed E-state index contributed by atoms with van der Waals surface area (Å²) in [5.41, 5.74) is 6.57. The topological polar surface area (TPSA) is 46.4 Å². The number of aromatic nitrogens is 1. The smallest absolute Gasteiger partial charge is 0.244 e. The minimum Gasteiger partial charge on any atom is -0.342 e. The molecular formula is C28H22FN3O. The molecule has 0 unspecified atom stereocenters. The van der Waals surface area contributed by atoms with Gasteiger partial charge in [0.1, 0.15) is 5.82 Å². The van der Waals surface area contributed by atoms with Crippen LogP contribution in [0.25, 0.3) is 21.7 Å². The Balaban J connectivity index is 1.33. The molecule has 5 heteroatoms. The molecule has 1 heterocycles. The Morgan fingerprint density at radius 3 is 2.45 bits per heavy atom. The summed E-state index contributed by atoms with van der Waals surface area (Å²) in [5.74, 6) is -0.416. The van der Waals surface area contributed by atoms with E-state index in [2.05, 4.69) is 15.1 Å². The first-order valence-electron chi connectivity index (χ1n) is 10.8. The highest BCUT2D eigenvalue weighted by molar-refractivity contribution is 6.00. The van der Waals surface area contributed by atoms with Gasteiger partial charge in [0, 0.05) is 29.2 Å². The molecule has 0 atom stereocenters. The van der Waals surface area contributed by atoms with E-state index in [0.29, 0.717) is 6.54 Å². The minimum absolute atomic E-state index is 0.169. The molecule has 1 N–H and O–H groups in total. The van der Waals surface area contributed by atoms with E-state index >= 15 is 0 Å². The van der Waals surface area contributed by atoms with Gasteiger partial charge < -0.3 is 4.57 Å². The second-order valence-electron chi connectivity index (χ2n) is 7.96. The van der Waals surface area contributed by atoms with E-state index < -0.39 is 0 Å². The van der Waals surface area contributed by atoms with Gasteiger partial charge in [0.15, 0.2) is 0 Å². The summed E-state index contributed by atoms with van der Waals surface area (Å²) in [6, 6.07) is 28.5. The molecule has 0 aliphatic rings. The lowest BCUT2D eigenvalue weighted by Gasteiger charge is -2.05. The van der Waals surface area contributed by atoms with Crippen LogP contribution in [-0.2, 0) is 17.8 Å². The summed E-state index contributed by atoms with van der Waals surface area (Å²) in [4.78, 5) is 12.5. The Kier molecular flexibility index (Phi) is 5.68. The second-order valence-corrected chi connectivity index (χ2v) is 7.96. The van der Waals surface area contributed by atoms with Gasteiger partial charge in [0.2, 0.25) is 5.91 Å². The third-order valence-electron chi connectivity index (χ3n) is 5.71. The van der Waals surface area contributed by atoms with Gasteiger partial charge in [-0.25, -0.2) is 9.82 Å². The van der Waals surface area contributed by atoms with Crippen molar-refractivity contribution in [1.29, 1.82) is 0 Å². The highest BCUT2D eigenvalue weighted by Gasteiger charge is 2.09. The van der Waals surface area contributed by atoms with Crippen molar-refractivity contribution in [3.8, 4) is 0 Å². The Hall–Kier alpha value is -4.25.